The van der Waals surface area contributed by atoms with Crippen LogP contribution in [0.25, 0.3) is 0 Å². The first-order valence-electron chi connectivity index (χ1n) is 10.1. The Morgan fingerprint density at radius 1 is 1.22 bits per heavy atom. The second kappa shape index (κ2) is 11.0. The number of morpholine rings is 1. The third kappa shape index (κ3) is 6.61. The summed E-state index contributed by atoms with van der Waals surface area (Å²) in [6, 6.07) is 5.59. The summed E-state index contributed by atoms with van der Waals surface area (Å²) in [6.07, 6.45) is 2.77. The van der Waals surface area contributed by atoms with Crippen molar-refractivity contribution in [2.24, 2.45) is 5.92 Å². The molecule has 1 aliphatic rings. The van der Waals surface area contributed by atoms with Crippen LogP contribution >= 0.6 is 0 Å². The van der Waals surface area contributed by atoms with E-state index in [1.165, 1.54) is 0 Å². The quantitative estimate of drug-likeness (QED) is 0.685. The van der Waals surface area contributed by atoms with E-state index in [4.69, 9.17) is 14.2 Å². The number of nitrogens with one attached hydrogen (secondary N) is 1. The molecule has 1 atom stereocenters. The Hall–Kier alpha value is -1.95. The van der Waals surface area contributed by atoms with Crippen LogP contribution in [0.2, 0.25) is 0 Å². The number of ether oxygens (including phenoxy) is 3. The Morgan fingerprint density at radius 3 is 2.59 bits per heavy atom. The third-order valence-corrected chi connectivity index (χ3v) is 4.35. The number of rotatable bonds is 9. The molecule has 0 aromatic heterocycles. The van der Waals surface area contributed by atoms with Crippen LogP contribution in [-0.4, -0.2) is 49.9 Å². The number of benzene rings is 1. The molecule has 1 N–H and O–H groups in total. The molecule has 1 unspecified atom stereocenters. The van der Waals surface area contributed by atoms with Gasteiger partial charge in [-0.15, -0.1) is 0 Å². The fraction of sp³-hybridized carbons (Fsp3) is 0.667. The lowest BCUT2D eigenvalue weighted by Gasteiger charge is -2.36. The van der Waals surface area contributed by atoms with Gasteiger partial charge in [-0.3, -0.25) is 0 Å². The van der Waals surface area contributed by atoms with Crippen LogP contribution in [0.15, 0.2) is 18.2 Å². The summed E-state index contributed by atoms with van der Waals surface area (Å²) in [4.78, 5) is 14.7. The maximum atomic E-state index is 12.8. The molecule has 0 spiro atoms. The molecule has 1 aliphatic heterocycles. The summed E-state index contributed by atoms with van der Waals surface area (Å²) < 4.78 is 17.1. The van der Waals surface area contributed by atoms with Crippen molar-refractivity contribution in [1.29, 1.82) is 0 Å². The summed E-state index contributed by atoms with van der Waals surface area (Å²) in [7, 11) is 0. The van der Waals surface area contributed by atoms with Crippen molar-refractivity contribution in [3.63, 3.8) is 0 Å². The molecule has 27 heavy (non-hydrogen) atoms. The summed E-state index contributed by atoms with van der Waals surface area (Å²) in [5.41, 5.74) is 0.713. The van der Waals surface area contributed by atoms with Crippen molar-refractivity contribution in [1.82, 2.24) is 4.90 Å². The van der Waals surface area contributed by atoms with Gasteiger partial charge in [0.05, 0.1) is 32.5 Å². The smallest absolute Gasteiger partial charge is 0.322 e. The summed E-state index contributed by atoms with van der Waals surface area (Å²) in [5, 5.41) is 3.01. The first-order valence-corrected chi connectivity index (χ1v) is 10.1. The lowest BCUT2D eigenvalue weighted by Crippen LogP contribution is -2.50. The van der Waals surface area contributed by atoms with E-state index in [0.717, 1.165) is 19.3 Å². The van der Waals surface area contributed by atoms with Crippen molar-refractivity contribution < 1.29 is 19.0 Å². The lowest BCUT2D eigenvalue weighted by atomic mass is 10.0. The van der Waals surface area contributed by atoms with E-state index in [1.54, 1.807) is 0 Å². The van der Waals surface area contributed by atoms with Crippen molar-refractivity contribution in [3.05, 3.63) is 18.2 Å². The molecule has 0 aliphatic carbocycles. The highest BCUT2D eigenvalue weighted by Crippen LogP contribution is 2.31. The number of hydrogen-bond donors (Lipinski definition) is 1. The van der Waals surface area contributed by atoms with Crippen LogP contribution in [0.3, 0.4) is 0 Å². The fourth-order valence-corrected chi connectivity index (χ4v) is 3.10. The van der Waals surface area contributed by atoms with Crippen molar-refractivity contribution in [2.75, 3.05) is 38.3 Å². The molecule has 6 nitrogen and oxygen atoms in total. The van der Waals surface area contributed by atoms with Gasteiger partial charge in [0.1, 0.15) is 0 Å². The molecule has 0 radical (unpaired) electrons. The molecular weight excluding hydrogens is 344 g/mol. The molecule has 6 heteroatoms. The van der Waals surface area contributed by atoms with Gasteiger partial charge in [-0.1, -0.05) is 27.7 Å². The zero-order chi connectivity index (χ0) is 19.6. The Labute approximate surface area is 163 Å². The minimum absolute atomic E-state index is 0.0902. The summed E-state index contributed by atoms with van der Waals surface area (Å²) >= 11 is 0. The Bertz CT molecular complexity index is 592. The molecule has 152 valence electrons. The predicted octanol–water partition coefficient (Wildman–Crippen LogP) is 4.54. The van der Waals surface area contributed by atoms with Gasteiger partial charge >= 0.3 is 6.03 Å². The van der Waals surface area contributed by atoms with Crippen molar-refractivity contribution >= 4 is 11.7 Å². The van der Waals surface area contributed by atoms with Crippen molar-refractivity contribution in [3.8, 4) is 11.5 Å². The molecular formula is C21H34N2O4. The van der Waals surface area contributed by atoms with Gasteiger partial charge < -0.3 is 24.4 Å². The lowest BCUT2D eigenvalue weighted by molar-refractivity contribution is 0.00857. The Morgan fingerprint density at radius 2 is 1.93 bits per heavy atom. The highest BCUT2D eigenvalue weighted by molar-refractivity contribution is 5.90. The zero-order valence-corrected chi connectivity index (χ0v) is 17.1. The van der Waals surface area contributed by atoms with Gasteiger partial charge in [0.25, 0.3) is 0 Å². The topological polar surface area (TPSA) is 60.0 Å². The first kappa shape index (κ1) is 21.4. The van der Waals surface area contributed by atoms with E-state index in [2.05, 4.69) is 33.0 Å². The van der Waals surface area contributed by atoms with Crippen LogP contribution < -0.4 is 14.8 Å². The van der Waals surface area contributed by atoms with Gasteiger partial charge in [-0.25, -0.2) is 4.79 Å². The summed E-state index contributed by atoms with van der Waals surface area (Å²) in [5.74, 6) is 1.90. The average molecular weight is 379 g/mol. The molecule has 2 amide bonds. The standard InChI is InChI=1S/C21H34N2O4/c1-5-10-26-19-8-7-17(14-20(19)27-11-6-2)22-21(24)23-9-12-25-15-18(23)13-16(3)4/h7-8,14,16,18H,5-6,9-13,15H2,1-4H3,(H,22,24). The van der Waals surface area contributed by atoms with Crippen molar-refractivity contribution in [2.45, 2.75) is 53.0 Å². The highest BCUT2D eigenvalue weighted by atomic mass is 16.5. The first-order chi connectivity index (χ1) is 13.0. The average Bonchev–Trinajstić information content (AvgIpc) is 2.65. The largest absolute Gasteiger partial charge is 0.490 e. The van der Waals surface area contributed by atoms with Crippen LogP contribution in [0, 0.1) is 5.92 Å². The number of carbonyl (C=O) groups is 1. The number of carbonyl (C=O) groups excluding carboxylic acids is 1. The van der Waals surface area contributed by atoms with Crippen LogP contribution in [0.1, 0.15) is 47.0 Å². The maximum Gasteiger partial charge on any atom is 0.322 e. The number of nitrogens with zero attached hydrogens (tertiary/aromatic N) is 1. The molecule has 2 rings (SSSR count). The Balaban J connectivity index is 2.08. The van der Waals surface area contributed by atoms with Gasteiger partial charge in [-0.2, -0.15) is 0 Å². The maximum absolute atomic E-state index is 12.8. The zero-order valence-electron chi connectivity index (χ0n) is 17.1. The second-order valence-corrected chi connectivity index (χ2v) is 7.34. The van der Waals surface area contributed by atoms with Gasteiger partial charge in [-0.05, 0) is 37.3 Å². The number of hydrogen-bond acceptors (Lipinski definition) is 4. The molecule has 1 heterocycles. The molecule has 1 fully saturated rings. The van der Waals surface area contributed by atoms with E-state index < -0.39 is 0 Å². The number of anilines is 1. The summed E-state index contributed by atoms with van der Waals surface area (Å²) in [6.45, 7) is 11.5. The number of amides is 2. The fourth-order valence-electron chi connectivity index (χ4n) is 3.10. The molecule has 0 bridgehead atoms. The SMILES string of the molecule is CCCOc1ccc(NC(=O)N2CCOCC2CC(C)C)cc1OCCC. The normalized spacial score (nSPS) is 17.1. The monoisotopic (exact) mass is 378 g/mol. The van der Waals surface area contributed by atoms with E-state index in [0.29, 0.717) is 56.1 Å². The second-order valence-electron chi connectivity index (χ2n) is 7.34. The van der Waals surface area contributed by atoms with Crippen LogP contribution in [0.5, 0.6) is 11.5 Å². The Kier molecular flexibility index (Phi) is 8.72. The molecule has 1 aromatic carbocycles. The minimum atomic E-state index is -0.0902. The predicted molar refractivity (Wildman–Crippen MR) is 108 cm³/mol. The van der Waals surface area contributed by atoms with E-state index in [9.17, 15) is 4.79 Å². The van der Waals surface area contributed by atoms with Crippen LogP contribution in [0.4, 0.5) is 10.5 Å². The minimum Gasteiger partial charge on any atom is -0.490 e. The van der Waals surface area contributed by atoms with Gasteiger partial charge in [0.2, 0.25) is 0 Å². The molecule has 1 aromatic rings. The van der Waals surface area contributed by atoms with Gasteiger partial charge in [0.15, 0.2) is 11.5 Å². The molecule has 0 saturated carbocycles. The molecule has 1 saturated heterocycles. The van der Waals surface area contributed by atoms with E-state index in [-0.39, 0.29) is 12.1 Å². The highest BCUT2D eigenvalue weighted by Gasteiger charge is 2.28. The van der Waals surface area contributed by atoms with E-state index in [1.807, 2.05) is 23.1 Å². The van der Waals surface area contributed by atoms with E-state index >= 15 is 0 Å². The third-order valence-electron chi connectivity index (χ3n) is 4.35. The number of urea groups is 1. The van der Waals surface area contributed by atoms with Gasteiger partial charge in [0, 0.05) is 18.3 Å². The van der Waals surface area contributed by atoms with Crippen LogP contribution in [-0.2, 0) is 4.74 Å².